The van der Waals surface area contributed by atoms with Crippen LogP contribution in [0.5, 0.6) is 0 Å². The number of carbonyl (C=O) groups is 2. The Hall–Kier alpha value is -1.59. The van der Waals surface area contributed by atoms with Gasteiger partial charge in [0.2, 0.25) is 11.8 Å². The summed E-state index contributed by atoms with van der Waals surface area (Å²) in [6.07, 6.45) is 1.51. The maximum Gasteiger partial charge on any atom is 0.244 e. The molecule has 1 aromatic rings. The molecule has 3 N–H and O–H groups in total. The third-order valence-electron chi connectivity index (χ3n) is 3.89. The summed E-state index contributed by atoms with van der Waals surface area (Å²) in [5, 5.41) is 2.91. The molecule has 0 bridgehead atoms. The highest BCUT2D eigenvalue weighted by molar-refractivity contribution is 5.87. The fourth-order valence-corrected chi connectivity index (χ4v) is 2.56. The van der Waals surface area contributed by atoms with Gasteiger partial charge in [-0.05, 0) is 25.8 Å². The number of amides is 2. The van der Waals surface area contributed by atoms with E-state index in [1.54, 1.807) is 11.8 Å². The van der Waals surface area contributed by atoms with Crippen molar-refractivity contribution in [2.75, 3.05) is 13.1 Å². The minimum atomic E-state index is -1.08. The lowest BCUT2D eigenvalue weighted by molar-refractivity contribution is -0.130. The van der Waals surface area contributed by atoms with Crippen molar-refractivity contribution in [3.8, 4) is 0 Å². The van der Waals surface area contributed by atoms with Crippen LogP contribution in [0.2, 0.25) is 0 Å². The van der Waals surface area contributed by atoms with E-state index in [9.17, 15) is 9.59 Å². The van der Waals surface area contributed by atoms with Gasteiger partial charge in [0.1, 0.15) is 5.54 Å². The molecule has 6 heteroatoms. The molecule has 1 aliphatic rings. The van der Waals surface area contributed by atoms with Crippen LogP contribution in [0.1, 0.15) is 32.3 Å². The second-order valence-electron chi connectivity index (χ2n) is 5.89. The minimum Gasteiger partial charge on any atom is -0.350 e. The Morgan fingerprint density at radius 2 is 2.05 bits per heavy atom. The molecule has 2 amide bonds. The summed E-state index contributed by atoms with van der Waals surface area (Å²) < 4.78 is 0. The van der Waals surface area contributed by atoms with Crippen molar-refractivity contribution < 1.29 is 9.59 Å². The van der Waals surface area contributed by atoms with Gasteiger partial charge in [-0.1, -0.05) is 30.3 Å². The summed E-state index contributed by atoms with van der Waals surface area (Å²) in [5.41, 5.74) is 5.86. The van der Waals surface area contributed by atoms with Crippen molar-refractivity contribution in [2.45, 2.75) is 38.3 Å². The molecule has 1 aliphatic heterocycles. The molecule has 0 saturated carbocycles. The van der Waals surface area contributed by atoms with Crippen LogP contribution in [-0.2, 0) is 15.1 Å². The van der Waals surface area contributed by atoms with Crippen molar-refractivity contribution in [1.29, 1.82) is 0 Å². The monoisotopic (exact) mass is 325 g/mol. The quantitative estimate of drug-likeness (QED) is 0.859. The van der Waals surface area contributed by atoms with Crippen LogP contribution in [0.3, 0.4) is 0 Å². The highest BCUT2D eigenvalue weighted by Crippen LogP contribution is 2.18. The highest BCUT2D eigenvalue weighted by Gasteiger charge is 2.32. The summed E-state index contributed by atoms with van der Waals surface area (Å²) >= 11 is 0. The lowest BCUT2D eigenvalue weighted by Gasteiger charge is -2.28. The van der Waals surface area contributed by atoms with E-state index >= 15 is 0 Å². The van der Waals surface area contributed by atoms with Gasteiger partial charge >= 0.3 is 0 Å². The van der Waals surface area contributed by atoms with E-state index in [0.29, 0.717) is 13.0 Å². The lowest BCUT2D eigenvalue weighted by atomic mass is 9.92. The molecular weight excluding hydrogens is 302 g/mol. The number of rotatable bonds is 5. The molecule has 0 spiro atoms. The number of likely N-dealkylation sites (tertiary alicyclic amines) is 1. The van der Waals surface area contributed by atoms with E-state index in [2.05, 4.69) is 5.32 Å². The van der Waals surface area contributed by atoms with Crippen LogP contribution < -0.4 is 11.1 Å². The second-order valence-corrected chi connectivity index (χ2v) is 5.89. The number of nitrogens with zero attached hydrogens (tertiary/aromatic N) is 1. The smallest absolute Gasteiger partial charge is 0.244 e. The Kier molecular flexibility index (Phi) is 6.38. The molecule has 1 fully saturated rings. The zero-order chi connectivity index (χ0) is 15.5. The van der Waals surface area contributed by atoms with E-state index in [4.69, 9.17) is 5.73 Å². The predicted molar refractivity (Wildman–Crippen MR) is 88.6 cm³/mol. The summed E-state index contributed by atoms with van der Waals surface area (Å²) in [5.74, 6) is -0.0671. The van der Waals surface area contributed by atoms with Crippen molar-refractivity contribution in [3.05, 3.63) is 35.9 Å². The fourth-order valence-electron chi connectivity index (χ4n) is 2.56. The lowest BCUT2D eigenvalue weighted by Crippen LogP contribution is -2.53. The van der Waals surface area contributed by atoms with Gasteiger partial charge in [0.15, 0.2) is 0 Å². The SMILES string of the molecule is CC(CN1CCCC1=O)NC(=O)C(C)(N)c1ccccc1.Cl. The molecule has 0 radical (unpaired) electrons. The van der Waals surface area contributed by atoms with Crippen molar-refractivity contribution in [2.24, 2.45) is 5.73 Å². The molecule has 0 aliphatic carbocycles. The molecule has 2 rings (SSSR count). The third kappa shape index (κ3) is 4.21. The van der Waals surface area contributed by atoms with Crippen LogP contribution in [0.4, 0.5) is 0 Å². The molecule has 0 aromatic heterocycles. The molecule has 1 saturated heterocycles. The Labute approximate surface area is 137 Å². The Balaban J connectivity index is 0.00000242. The van der Waals surface area contributed by atoms with Gasteiger partial charge in [0.05, 0.1) is 0 Å². The first-order chi connectivity index (χ1) is 9.91. The van der Waals surface area contributed by atoms with Gasteiger partial charge < -0.3 is 16.0 Å². The van der Waals surface area contributed by atoms with E-state index < -0.39 is 5.54 Å². The molecule has 2 atom stereocenters. The molecule has 22 heavy (non-hydrogen) atoms. The highest BCUT2D eigenvalue weighted by atomic mass is 35.5. The first-order valence-corrected chi connectivity index (χ1v) is 7.34. The number of nitrogens with one attached hydrogen (secondary N) is 1. The molecule has 1 heterocycles. The van der Waals surface area contributed by atoms with Crippen molar-refractivity contribution in [3.63, 3.8) is 0 Å². The number of hydrogen-bond donors (Lipinski definition) is 2. The van der Waals surface area contributed by atoms with Crippen molar-refractivity contribution in [1.82, 2.24) is 10.2 Å². The third-order valence-corrected chi connectivity index (χ3v) is 3.89. The molecule has 2 unspecified atom stereocenters. The van der Waals surface area contributed by atoms with E-state index in [1.807, 2.05) is 37.3 Å². The zero-order valence-corrected chi connectivity index (χ0v) is 13.9. The normalized spacial score (nSPS) is 18.3. The molecule has 122 valence electrons. The van der Waals surface area contributed by atoms with Gasteiger partial charge in [0, 0.05) is 25.6 Å². The molecule has 5 nitrogen and oxygen atoms in total. The van der Waals surface area contributed by atoms with Crippen molar-refractivity contribution >= 4 is 24.2 Å². The minimum absolute atomic E-state index is 0. The first-order valence-electron chi connectivity index (χ1n) is 7.34. The van der Waals surface area contributed by atoms with Gasteiger partial charge in [-0.25, -0.2) is 0 Å². The van der Waals surface area contributed by atoms with Crippen LogP contribution in [0.25, 0.3) is 0 Å². The Morgan fingerprint density at radius 1 is 1.41 bits per heavy atom. The van der Waals surface area contributed by atoms with Crippen LogP contribution in [0.15, 0.2) is 30.3 Å². The van der Waals surface area contributed by atoms with Crippen LogP contribution in [-0.4, -0.2) is 35.8 Å². The average Bonchev–Trinajstić information content (AvgIpc) is 2.85. The van der Waals surface area contributed by atoms with Crippen LogP contribution in [0, 0.1) is 0 Å². The topological polar surface area (TPSA) is 75.4 Å². The predicted octanol–water partition coefficient (Wildman–Crippen LogP) is 1.41. The largest absolute Gasteiger partial charge is 0.350 e. The maximum atomic E-state index is 12.4. The van der Waals surface area contributed by atoms with Gasteiger partial charge in [-0.2, -0.15) is 0 Å². The average molecular weight is 326 g/mol. The van der Waals surface area contributed by atoms with Gasteiger partial charge in [-0.15, -0.1) is 12.4 Å². The van der Waals surface area contributed by atoms with E-state index in [1.165, 1.54) is 0 Å². The fraction of sp³-hybridized carbons (Fsp3) is 0.500. The number of halogens is 1. The molecular formula is C16H24ClN3O2. The number of hydrogen-bond acceptors (Lipinski definition) is 3. The second kappa shape index (κ2) is 7.61. The van der Waals surface area contributed by atoms with Gasteiger partial charge in [-0.3, -0.25) is 9.59 Å². The van der Waals surface area contributed by atoms with E-state index in [0.717, 1.165) is 18.5 Å². The van der Waals surface area contributed by atoms with E-state index in [-0.39, 0.29) is 30.3 Å². The van der Waals surface area contributed by atoms with Crippen LogP contribution >= 0.6 is 12.4 Å². The first kappa shape index (κ1) is 18.5. The summed E-state index contributed by atoms with van der Waals surface area (Å²) in [7, 11) is 0. The number of nitrogens with two attached hydrogens (primary N) is 1. The standard InChI is InChI=1S/C16H23N3O2.ClH/c1-12(11-19-10-6-9-14(19)20)18-15(21)16(2,17)13-7-4-3-5-8-13;/h3-5,7-8,12H,6,9-11,17H2,1-2H3,(H,18,21);1H. The summed E-state index contributed by atoms with van der Waals surface area (Å²) in [6.45, 7) is 4.91. The Bertz CT molecular complexity index is 519. The van der Waals surface area contributed by atoms with Gasteiger partial charge in [0.25, 0.3) is 0 Å². The number of benzene rings is 1. The number of carbonyl (C=O) groups excluding carboxylic acids is 2. The zero-order valence-electron chi connectivity index (χ0n) is 13.0. The Morgan fingerprint density at radius 3 is 2.59 bits per heavy atom. The summed E-state index contributed by atoms with van der Waals surface area (Å²) in [4.78, 5) is 25.8. The summed E-state index contributed by atoms with van der Waals surface area (Å²) in [6, 6.07) is 9.17. The molecule has 1 aromatic carbocycles. The maximum absolute atomic E-state index is 12.4.